The van der Waals surface area contributed by atoms with Crippen LogP contribution >= 0.6 is 0 Å². The summed E-state index contributed by atoms with van der Waals surface area (Å²) in [6.07, 6.45) is 1.77. The summed E-state index contributed by atoms with van der Waals surface area (Å²) in [7, 11) is 0. The monoisotopic (exact) mass is 518 g/mol. The Morgan fingerprint density at radius 3 is 1.93 bits per heavy atom. The Bertz CT molecular complexity index is 703. The summed E-state index contributed by atoms with van der Waals surface area (Å²) in [6, 6.07) is 5.66. The summed E-state index contributed by atoms with van der Waals surface area (Å²) >= 11 is -3.23. The molecule has 0 fully saturated rings. The van der Waals surface area contributed by atoms with Crippen LogP contribution in [0.1, 0.15) is 70.4 Å². The van der Waals surface area contributed by atoms with Crippen molar-refractivity contribution >= 4 is 29.9 Å². The zero-order valence-electron chi connectivity index (χ0n) is 17.8. The van der Waals surface area contributed by atoms with Crippen molar-refractivity contribution in [2.45, 2.75) is 78.8 Å². The van der Waals surface area contributed by atoms with Gasteiger partial charge in [-0.05, 0) is 0 Å². The molecule has 6 heteroatoms. The van der Waals surface area contributed by atoms with Crippen molar-refractivity contribution < 1.29 is 22.7 Å². The number of alkyl halides is 3. The third-order valence-electron chi connectivity index (χ3n) is 5.97. The molecule has 0 bridgehead atoms. The number of hydrogen-bond donors (Lipinski definition) is 0. The van der Waals surface area contributed by atoms with E-state index in [1.165, 1.54) is 12.1 Å². The van der Waals surface area contributed by atoms with Crippen molar-refractivity contribution in [1.29, 1.82) is 0 Å². The Hall–Kier alpha value is -0.981. The number of rotatable bonds is 11. The summed E-state index contributed by atoms with van der Waals surface area (Å²) in [4.78, 5) is 12.9. The number of cyclic esters (lactones) is 1. The maximum absolute atomic E-state index is 13.7. The van der Waals surface area contributed by atoms with Crippen LogP contribution in [0, 0.1) is 0 Å². The average molecular weight is 517 g/mol. The first kappa shape index (κ1) is 24.3. The van der Waals surface area contributed by atoms with Gasteiger partial charge in [0.15, 0.2) is 0 Å². The molecule has 0 spiro atoms. The van der Waals surface area contributed by atoms with E-state index < -0.39 is 30.1 Å². The molecule has 1 aromatic rings. The van der Waals surface area contributed by atoms with E-state index >= 15 is 0 Å². The molecule has 0 aliphatic carbocycles. The summed E-state index contributed by atoms with van der Waals surface area (Å²) in [5.74, 6) is -0.337. The molecule has 1 heterocycles. The molecule has 0 N–H and O–H groups in total. The van der Waals surface area contributed by atoms with E-state index in [2.05, 4.69) is 20.8 Å². The summed E-state index contributed by atoms with van der Waals surface area (Å²) in [6.45, 7) is 6.39. The van der Waals surface area contributed by atoms with E-state index in [1.54, 1.807) is 6.07 Å². The minimum atomic E-state index is -4.45. The normalized spacial score (nSPS) is 15.2. The van der Waals surface area contributed by atoms with Gasteiger partial charge < -0.3 is 0 Å². The molecule has 2 rings (SSSR count). The molecule has 1 aromatic carbocycles. The van der Waals surface area contributed by atoms with Crippen molar-refractivity contribution in [1.82, 2.24) is 0 Å². The maximum atomic E-state index is 13.7. The predicted octanol–water partition coefficient (Wildman–Crippen LogP) is 7.40. The average Bonchev–Trinajstić information content (AvgIpc) is 3.09. The fraction of sp³-hybridized carbons (Fsp3) is 0.609. The summed E-state index contributed by atoms with van der Waals surface area (Å²) in [5, 5.41) is 0. The third kappa shape index (κ3) is 5.80. The van der Waals surface area contributed by atoms with Gasteiger partial charge in [0.1, 0.15) is 0 Å². The zero-order chi connectivity index (χ0) is 21.5. The van der Waals surface area contributed by atoms with Crippen molar-refractivity contribution in [2.75, 3.05) is 6.61 Å². The van der Waals surface area contributed by atoms with Gasteiger partial charge in [0, 0.05) is 0 Å². The molecule has 2 nitrogen and oxygen atoms in total. The van der Waals surface area contributed by atoms with E-state index in [0.29, 0.717) is 9.16 Å². The van der Waals surface area contributed by atoms with Crippen LogP contribution in [-0.4, -0.2) is 31.0 Å². The number of esters is 1. The van der Waals surface area contributed by atoms with Gasteiger partial charge in [-0.15, -0.1) is 0 Å². The molecule has 0 saturated heterocycles. The van der Waals surface area contributed by atoms with Crippen LogP contribution in [0.15, 0.2) is 27.9 Å². The van der Waals surface area contributed by atoms with Crippen LogP contribution in [0.5, 0.6) is 0 Å². The predicted molar refractivity (Wildman–Crippen MR) is 114 cm³/mol. The molecule has 0 atom stereocenters. The second-order valence-corrected chi connectivity index (χ2v) is 21.1. The molecule has 1 aliphatic heterocycles. The second-order valence-electron chi connectivity index (χ2n) is 8.06. The van der Waals surface area contributed by atoms with Gasteiger partial charge in [-0.3, -0.25) is 0 Å². The van der Waals surface area contributed by atoms with Crippen LogP contribution < -0.4 is 0 Å². The first-order valence-electron chi connectivity index (χ1n) is 10.9. The first-order valence-corrected chi connectivity index (χ1v) is 18.4. The fourth-order valence-electron chi connectivity index (χ4n) is 4.44. The van der Waals surface area contributed by atoms with Crippen molar-refractivity contribution in [2.24, 2.45) is 0 Å². The quantitative estimate of drug-likeness (QED) is 0.226. The van der Waals surface area contributed by atoms with E-state index in [-0.39, 0.29) is 18.1 Å². The standard InChI is InChI=1S/C11H6F3O2.3C4H9.Sn/c12-11(13,14)9-4-2-1-3-8(9)7-5-10(15)16-6-7;3*1-3-4-2;/h1-4H,6H2;3*1,3-4H2,2H3;. The van der Waals surface area contributed by atoms with Crippen LogP contribution in [0.25, 0.3) is 5.57 Å². The van der Waals surface area contributed by atoms with Crippen molar-refractivity contribution in [3.63, 3.8) is 0 Å². The fourth-order valence-corrected chi connectivity index (χ4v) is 21.4. The van der Waals surface area contributed by atoms with Crippen LogP contribution in [0.4, 0.5) is 13.2 Å². The molecule has 1 aliphatic rings. The Morgan fingerprint density at radius 1 is 0.931 bits per heavy atom. The Kier molecular flexibility index (Phi) is 9.11. The van der Waals surface area contributed by atoms with Gasteiger partial charge in [-0.1, -0.05) is 0 Å². The van der Waals surface area contributed by atoms with E-state index in [0.717, 1.165) is 57.9 Å². The molecular weight excluding hydrogens is 484 g/mol. The van der Waals surface area contributed by atoms with Gasteiger partial charge in [0.05, 0.1) is 0 Å². The van der Waals surface area contributed by atoms with Crippen LogP contribution in [-0.2, 0) is 15.7 Å². The molecule has 0 amide bonds. The van der Waals surface area contributed by atoms with Crippen molar-refractivity contribution in [3.8, 4) is 0 Å². The summed E-state index contributed by atoms with van der Waals surface area (Å²) in [5.41, 5.74) is 0.0147. The van der Waals surface area contributed by atoms with Crippen LogP contribution in [0.3, 0.4) is 0 Å². The molecule has 29 heavy (non-hydrogen) atoms. The summed E-state index contributed by atoms with van der Waals surface area (Å²) < 4.78 is 50.3. The topological polar surface area (TPSA) is 26.3 Å². The van der Waals surface area contributed by atoms with Gasteiger partial charge in [0.25, 0.3) is 0 Å². The number of hydrogen-bond acceptors (Lipinski definition) is 2. The Morgan fingerprint density at radius 2 is 1.45 bits per heavy atom. The number of unbranched alkanes of at least 4 members (excludes halogenated alkanes) is 3. The Labute approximate surface area is 176 Å². The van der Waals surface area contributed by atoms with Gasteiger partial charge in [0.2, 0.25) is 0 Å². The Balaban J connectivity index is 2.68. The van der Waals surface area contributed by atoms with Crippen molar-refractivity contribution in [3.05, 3.63) is 39.0 Å². The van der Waals surface area contributed by atoms with Gasteiger partial charge >= 0.3 is 177 Å². The molecule has 0 saturated carbocycles. The van der Waals surface area contributed by atoms with Crippen LogP contribution in [0.2, 0.25) is 13.3 Å². The second kappa shape index (κ2) is 10.9. The minimum absolute atomic E-state index is 0.0235. The third-order valence-corrected chi connectivity index (χ3v) is 21.7. The first-order chi connectivity index (χ1) is 13.8. The number of benzene rings is 1. The molecule has 162 valence electrons. The molecule has 0 aromatic heterocycles. The van der Waals surface area contributed by atoms with Gasteiger partial charge in [-0.25, -0.2) is 0 Å². The molecular formula is C23H33F3O2Sn. The molecule has 0 radical (unpaired) electrons. The SMILES string of the molecule is CCC[CH2][Sn]([CH2]CCC)([CH2]CCC)[C]1=C(c2ccccc2C(F)(F)F)COC1=O. The van der Waals surface area contributed by atoms with E-state index in [1.807, 2.05) is 0 Å². The number of ether oxygens (including phenoxy) is 1. The van der Waals surface area contributed by atoms with E-state index in [9.17, 15) is 18.0 Å². The van der Waals surface area contributed by atoms with Gasteiger partial charge in [-0.2, -0.15) is 0 Å². The zero-order valence-corrected chi connectivity index (χ0v) is 20.7. The number of carbonyl (C=O) groups excluding carboxylic acids is 1. The number of halogens is 3. The number of carbonyl (C=O) groups is 1. The van der Waals surface area contributed by atoms with E-state index in [4.69, 9.17) is 4.74 Å². The molecule has 0 unspecified atom stereocenters.